The Morgan fingerprint density at radius 3 is 2.75 bits per heavy atom. The van der Waals surface area contributed by atoms with Gasteiger partial charge in [-0.1, -0.05) is 30.3 Å². The number of aryl methyl sites for hydroxylation is 1. The van der Waals surface area contributed by atoms with E-state index in [0.29, 0.717) is 0 Å². The van der Waals surface area contributed by atoms with Crippen LogP contribution in [0.5, 0.6) is 0 Å². The summed E-state index contributed by atoms with van der Waals surface area (Å²) in [5.41, 5.74) is 2.36. The van der Waals surface area contributed by atoms with E-state index < -0.39 is 0 Å². The van der Waals surface area contributed by atoms with Crippen LogP contribution in [0.15, 0.2) is 35.7 Å². The molecule has 3 heterocycles. The van der Waals surface area contributed by atoms with Gasteiger partial charge < -0.3 is 9.47 Å². The van der Waals surface area contributed by atoms with Gasteiger partial charge in [0.2, 0.25) is 0 Å². The standard InChI is InChI=1S/C18H21N5S/c1-14-19-16(13-24-14)7-9-22-10-8-17-20-21-18(23(17)12-11-22)15-5-3-2-4-6-15/h2-6,13H,7-12H2,1H3. The molecule has 0 fully saturated rings. The zero-order valence-corrected chi connectivity index (χ0v) is 14.7. The number of aromatic nitrogens is 4. The van der Waals surface area contributed by atoms with Gasteiger partial charge in [-0.15, -0.1) is 21.5 Å². The Morgan fingerprint density at radius 1 is 1.08 bits per heavy atom. The summed E-state index contributed by atoms with van der Waals surface area (Å²) in [6.07, 6.45) is 1.98. The summed E-state index contributed by atoms with van der Waals surface area (Å²) in [6.45, 7) is 6.14. The molecule has 1 aromatic carbocycles. The second-order valence-corrected chi connectivity index (χ2v) is 7.22. The van der Waals surface area contributed by atoms with E-state index in [2.05, 4.69) is 61.2 Å². The fourth-order valence-electron chi connectivity index (χ4n) is 3.19. The van der Waals surface area contributed by atoms with Gasteiger partial charge in [-0.05, 0) is 6.92 Å². The predicted molar refractivity (Wildman–Crippen MR) is 96.2 cm³/mol. The quantitative estimate of drug-likeness (QED) is 0.733. The summed E-state index contributed by atoms with van der Waals surface area (Å²) < 4.78 is 2.28. The van der Waals surface area contributed by atoms with Gasteiger partial charge in [0.15, 0.2) is 5.82 Å². The second-order valence-electron chi connectivity index (χ2n) is 6.16. The average Bonchev–Trinajstić information content (AvgIpc) is 3.16. The van der Waals surface area contributed by atoms with E-state index in [9.17, 15) is 0 Å². The summed E-state index contributed by atoms with van der Waals surface area (Å²) in [5, 5.41) is 12.2. The molecule has 1 aliphatic rings. The van der Waals surface area contributed by atoms with Crippen molar-refractivity contribution in [3.63, 3.8) is 0 Å². The second kappa shape index (κ2) is 6.83. The Hall–Kier alpha value is -2.05. The van der Waals surface area contributed by atoms with Gasteiger partial charge in [0, 0.05) is 50.0 Å². The summed E-state index contributed by atoms with van der Waals surface area (Å²) >= 11 is 1.73. The number of fused-ring (bicyclic) bond motifs is 1. The lowest BCUT2D eigenvalue weighted by Crippen LogP contribution is -2.29. The third kappa shape index (κ3) is 3.25. The smallest absolute Gasteiger partial charge is 0.164 e. The SMILES string of the molecule is Cc1nc(CCN2CCc3nnc(-c4ccccc4)n3CC2)cs1. The van der Waals surface area contributed by atoms with Crippen LogP contribution in [-0.4, -0.2) is 44.3 Å². The molecule has 24 heavy (non-hydrogen) atoms. The topological polar surface area (TPSA) is 46.8 Å². The Labute approximate surface area is 146 Å². The van der Waals surface area contributed by atoms with Gasteiger partial charge in [-0.25, -0.2) is 4.98 Å². The molecule has 0 aliphatic carbocycles. The predicted octanol–water partition coefficient (Wildman–Crippen LogP) is 2.81. The minimum absolute atomic E-state index is 0.947. The first-order valence-corrected chi connectivity index (χ1v) is 9.28. The molecule has 0 unspecified atom stereocenters. The number of hydrogen-bond donors (Lipinski definition) is 0. The summed E-state index contributed by atoms with van der Waals surface area (Å²) in [7, 11) is 0. The number of benzene rings is 1. The maximum absolute atomic E-state index is 4.57. The maximum atomic E-state index is 4.57. The van der Waals surface area contributed by atoms with Gasteiger partial charge in [-0.2, -0.15) is 0 Å². The molecular formula is C18H21N5S. The number of hydrogen-bond acceptors (Lipinski definition) is 5. The zero-order chi connectivity index (χ0) is 16.4. The average molecular weight is 339 g/mol. The first kappa shape index (κ1) is 15.5. The van der Waals surface area contributed by atoms with Crippen LogP contribution < -0.4 is 0 Å². The number of rotatable bonds is 4. The minimum atomic E-state index is 0.947. The maximum Gasteiger partial charge on any atom is 0.164 e. The molecule has 6 heteroatoms. The highest BCUT2D eigenvalue weighted by molar-refractivity contribution is 7.09. The molecule has 5 nitrogen and oxygen atoms in total. The van der Waals surface area contributed by atoms with Gasteiger partial charge in [-0.3, -0.25) is 0 Å². The molecular weight excluding hydrogens is 318 g/mol. The molecule has 0 saturated heterocycles. The molecule has 0 radical (unpaired) electrons. The van der Waals surface area contributed by atoms with E-state index >= 15 is 0 Å². The zero-order valence-electron chi connectivity index (χ0n) is 13.9. The highest BCUT2D eigenvalue weighted by atomic mass is 32.1. The Balaban J connectivity index is 1.44. The Kier molecular flexibility index (Phi) is 4.40. The van der Waals surface area contributed by atoms with Crippen LogP contribution in [0.1, 0.15) is 16.5 Å². The summed E-state index contributed by atoms with van der Waals surface area (Å²) in [5.74, 6) is 2.09. The molecule has 124 valence electrons. The van der Waals surface area contributed by atoms with E-state index in [1.165, 1.54) is 5.69 Å². The normalized spacial score (nSPS) is 15.2. The van der Waals surface area contributed by atoms with Crippen LogP contribution >= 0.6 is 11.3 Å². The van der Waals surface area contributed by atoms with Crippen LogP contribution in [0.4, 0.5) is 0 Å². The molecule has 4 rings (SSSR count). The molecule has 3 aromatic rings. The summed E-state index contributed by atoms with van der Waals surface area (Å²) in [4.78, 5) is 7.08. The van der Waals surface area contributed by atoms with Crippen molar-refractivity contribution in [3.8, 4) is 11.4 Å². The van der Waals surface area contributed by atoms with Crippen molar-refractivity contribution in [1.29, 1.82) is 0 Å². The number of thiazole rings is 1. The van der Waals surface area contributed by atoms with E-state index in [0.717, 1.165) is 61.2 Å². The first-order valence-electron chi connectivity index (χ1n) is 8.40. The van der Waals surface area contributed by atoms with E-state index in [1.807, 2.05) is 6.07 Å². The lowest BCUT2D eigenvalue weighted by Gasteiger charge is -2.18. The molecule has 0 saturated carbocycles. The molecule has 0 N–H and O–H groups in total. The minimum Gasteiger partial charge on any atom is -0.310 e. The van der Waals surface area contributed by atoms with Crippen LogP contribution in [-0.2, 0) is 19.4 Å². The fraction of sp³-hybridized carbons (Fsp3) is 0.389. The van der Waals surface area contributed by atoms with Crippen molar-refractivity contribution in [2.24, 2.45) is 0 Å². The van der Waals surface area contributed by atoms with Gasteiger partial charge in [0.25, 0.3) is 0 Å². The van der Waals surface area contributed by atoms with Crippen LogP contribution in [0.2, 0.25) is 0 Å². The molecule has 2 aromatic heterocycles. The van der Waals surface area contributed by atoms with Crippen molar-refractivity contribution >= 4 is 11.3 Å². The van der Waals surface area contributed by atoms with Gasteiger partial charge in [0.1, 0.15) is 5.82 Å². The third-order valence-electron chi connectivity index (χ3n) is 4.50. The molecule has 0 spiro atoms. The van der Waals surface area contributed by atoms with Crippen molar-refractivity contribution in [1.82, 2.24) is 24.6 Å². The van der Waals surface area contributed by atoms with E-state index in [4.69, 9.17) is 0 Å². The van der Waals surface area contributed by atoms with E-state index in [-0.39, 0.29) is 0 Å². The number of nitrogens with zero attached hydrogens (tertiary/aromatic N) is 5. The Bertz CT molecular complexity index is 808. The largest absolute Gasteiger partial charge is 0.310 e. The third-order valence-corrected chi connectivity index (χ3v) is 5.32. The monoisotopic (exact) mass is 339 g/mol. The van der Waals surface area contributed by atoms with Crippen molar-refractivity contribution < 1.29 is 0 Å². The highest BCUT2D eigenvalue weighted by Crippen LogP contribution is 2.20. The van der Waals surface area contributed by atoms with Crippen molar-refractivity contribution in [2.45, 2.75) is 26.3 Å². The van der Waals surface area contributed by atoms with E-state index in [1.54, 1.807) is 11.3 Å². The molecule has 0 atom stereocenters. The lowest BCUT2D eigenvalue weighted by atomic mass is 10.2. The van der Waals surface area contributed by atoms with Crippen LogP contribution in [0.3, 0.4) is 0 Å². The van der Waals surface area contributed by atoms with Gasteiger partial charge >= 0.3 is 0 Å². The van der Waals surface area contributed by atoms with Crippen molar-refractivity contribution in [3.05, 3.63) is 52.2 Å². The fourth-order valence-corrected chi connectivity index (χ4v) is 3.83. The molecule has 0 bridgehead atoms. The summed E-state index contributed by atoms with van der Waals surface area (Å²) in [6, 6.07) is 10.3. The molecule has 1 aliphatic heterocycles. The van der Waals surface area contributed by atoms with Crippen LogP contribution in [0.25, 0.3) is 11.4 Å². The highest BCUT2D eigenvalue weighted by Gasteiger charge is 2.19. The lowest BCUT2D eigenvalue weighted by molar-refractivity contribution is 0.282. The Morgan fingerprint density at radius 2 is 1.96 bits per heavy atom. The molecule has 0 amide bonds. The van der Waals surface area contributed by atoms with Gasteiger partial charge in [0.05, 0.1) is 10.7 Å². The van der Waals surface area contributed by atoms with Crippen LogP contribution in [0, 0.1) is 6.92 Å². The first-order chi connectivity index (χ1) is 11.8. The van der Waals surface area contributed by atoms with Crippen molar-refractivity contribution in [2.75, 3.05) is 19.6 Å².